The summed E-state index contributed by atoms with van der Waals surface area (Å²) < 4.78 is 21.5. The Balaban J connectivity index is 0.954. The molecule has 2 saturated heterocycles. The molecule has 2 fully saturated rings. The molecule has 3 N–H and O–H groups in total. The van der Waals surface area contributed by atoms with Crippen LogP contribution in [0.1, 0.15) is 75.0 Å². The number of ether oxygens (including phenoxy) is 4. The molecule has 4 aliphatic rings. The van der Waals surface area contributed by atoms with Crippen molar-refractivity contribution in [2.45, 2.75) is 83.1 Å². The number of rotatable bonds is 11. The summed E-state index contributed by atoms with van der Waals surface area (Å²) in [5.74, 6) is 1.60. The molecule has 324 valence electrons. The normalized spacial score (nSPS) is 19.1. The highest BCUT2D eigenvalue weighted by Crippen LogP contribution is 2.46. The van der Waals surface area contributed by atoms with Gasteiger partial charge in [-0.25, -0.2) is 14.6 Å². The Morgan fingerprint density at radius 3 is 2.15 bits per heavy atom. The Bertz CT molecular complexity index is 2460. The molecule has 0 spiro atoms. The van der Waals surface area contributed by atoms with E-state index >= 15 is 0 Å². The Morgan fingerprint density at radius 2 is 1.44 bits per heavy atom. The lowest BCUT2D eigenvalue weighted by Gasteiger charge is -2.31. The van der Waals surface area contributed by atoms with Crippen LogP contribution >= 0.6 is 0 Å². The molecule has 15 heteroatoms. The van der Waals surface area contributed by atoms with Gasteiger partial charge in [-0.3, -0.25) is 14.6 Å². The molecule has 0 saturated carbocycles. The van der Waals surface area contributed by atoms with Gasteiger partial charge in [-0.05, 0) is 97.2 Å². The molecule has 4 aromatic rings. The zero-order valence-electron chi connectivity index (χ0n) is 35.9. The van der Waals surface area contributed by atoms with Crippen molar-refractivity contribution in [3.63, 3.8) is 0 Å². The predicted octanol–water partition coefficient (Wildman–Crippen LogP) is 7.33. The van der Waals surface area contributed by atoms with Gasteiger partial charge in [-0.15, -0.1) is 0 Å². The fourth-order valence-electron chi connectivity index (χ4n) is 9.02. The van der Waals surface area contributed by atoms with E-state index in [0.717, 1.165) is 81.7 Å². The van der Waals surface area contributed by atoms with Crippen LogP contribution in [0.2, 0.25) is 0 Å². The van der Waals surface area contributed by atoms with Crippen LogP contribution < -0.4 is 15.4 Å². The SMILES string of the molecule is C=C1c2ccc(-c3ccc4c(c3)CC([C@@H]3CCCN3C(=O)[C@@H](NC(=O)OC)[C@@H](C)OC)=N4)cc2Oc2ccc(-c3cnc([C@@H]4CCCN4C(=O)[C@@H](NC(=O)OC)C(C)C)[nH]3)cc21. The fraction of sp³-hybridized carbons (Fsp3) is 0.404. The Kier molecular flexibility index (Phi) is 11.9. The summed E-state index contributed by atoms with van der Waals surface area (Å²) in [5.41, 5.74) is 9.22. The molecule has 15 nitrogen and oxygen atoms in total. The van der Waals surface area contributed by atoms with E-state index in [1.54, 1.807) is 18.0 Å². The van der Waals surface area contributed by atoms with Crippen molar-refractivity contribution in [2.24, 2.45) is 10.9 Å². The minimum Gasteiger partial charge on any atom is -0.456 e. The van der Waals surface area contributed by atoms with E-state index in [1.165, 1.54) is 21.3 Å². The number of aromatic nitrogens is 2. The molecule has 0 bridgehead atoms. The zero-order valence-corrected chi connectivity index (χ0v) is 35.9. The molecule has 4 amide bonds. The number of fused-ring (bicyclic) bond motifs is 3. The Morgan fingerprint density at radius 1 is 0.790 bits per heavy atom. The Labute approximate surface area is 360 Å². The number of hydrogen-bond acceptors (Lipinski definition) is 10. The number of amides is 4. The third kappa shape index (κ3) is 8.04. The van der Waals surface area contributed by atoms with E-state index in [2.05, 4.69) is 40.4 Å². The third-order valence-electron chi connectivity index (χ3n) is 12.5. The quantitative estimate of drug-likeness (QED) is 0.123. The molecule has 0 unspecified atom stereocenters. The number of methoxy groups -OCH3 is 3. The van der Waals surface area contributed by atoms with Gasteiger partial charge in [-0.2, -0.15) is 0 Å². The van der Waals surface area contributed by atoms with Crippen LogP contribution in [0.4, 0.5) is 15.3 Å². The second-order valence-corrected chi connectivity index (χ2v) is 16.6. The van der Waals surface area contributed by atoms with Crippen molar-refractivity contribution in [3.8, 4) is 33.9 Å². The number of hydrogen-bond donors (Lipinski definition) is 3. The van der Waals surface area contributed by atoms with Crippen LogP contribution in [-0.2, 0) is 30.2 Å². The van der Waals surface area contributed by atoms with E-state index in [9.17, 15) is 19.2 Å². The molecule has 62 heavy (non-hydrogen) atoms. The van der Waals surface area contributed by atoms with Crippen LogP contribution in [0.5, 0.6) is 11.5 Å². The average molecular weight is 844 g/mol. The number of aromatic amines is 1. The van der Waals surface area contributed by atoms with Crippen LogP contribution in [-0.4, -0.2) is 108 Å². The molecular formula is C47H53N7O8. The van der Waals surface area contributed by atoms with Gasteiger partial charge in [0.15, 0.2) is 0 Å². The van der Waals surface area contributed by atoms with Gasteiger partial charge in [0.25, 0.3) is 0 Å². The maximum atomic E-state index is 13.8. The van der Waals surface area contributed by atoms with Gasteiger partial charge in [0.1, 0.15) is 29.4 Å². The maximum Gasteiger partial charge on any atom is 0.407 e. The summed E-state index contributed by atoms with van der Waals surface area (Å²) in [6.45, 7) is 11.2. The predicted molar refractivity (Wildman–Crippen MR) is 233 cm³/mol. The lowest BCUT2D eigenvalue weighted by atomic mass is 9.91. The van der Waals surface area contributed by atoms with Gasteiger partial charge in [0.2, 0.25) is 11.8 Å². The summed E-state index contributed by atoms with van der Waals surface area (Å²) in [4.78, 5) is 68.4. The third-order valence-corrected chi connectivity index (χ3v) is 12.5. The number of carbonyl (C=O) groups excluding carboxylic acids is 4. The van der Waals surface area contributed by atoms with Crippen molar-refractivity contribution in [1.82, 2.24) is 30.4 Å². The molecular weight excluding hydrogens is 791 g/mol. The van der Waals surface area contributed by atoms with Crippen molar-refractivity contribution >= 4 is 41.0 Å². The number of aliphatic imine (C=N–C) groups is 1. The molecule has 5 atom stereocenters. The minimum absolute atomic E-state index is 0.124. The maximum absolute atomic E-state index is 13.8. The topological polar surface area (TPSA) is 177 Å². The van der Waals surface area contributed by atoms with E-state index in [4.69, 9.17) is 28.9 Å². The highest BCUT2D eigenvalue weighted by Gasteiger charge is 2.41. The van der Waals surface area contributed by atoms with Crippen molar-refractivity contribution in [1.29, 1.82) is 0 Å². The molecule has 0 radical (unpaired) electrons. The fourth-order valence-corrected chi connectivity index (χ4v) is 9.02. The van der Waals surface area contributed by atoms with Gasteiger partial charge >= 0.3 is 12.2 Å². The monoisotopic (exact) mass is 843 g/mol. The Hall–Kier alpha value is -6.48. The van der Waals surface area contributed by atoms with Gasteiger partial charge < -0.3 is 44.4 Å². The van der Waals surface area contributed by atoms with Crippen molar-refractivity contribution in [3.05, 3.63) is 89.9 Å². The number of imidazole rings is 1. The highest BCUT2D eigenvalue weighted by atomic mass is 16.5. The smallest absolute Gasteiger partial charge is 0.407 e. The van der Waals surface area contributed by atoms with Crippen LogP contribution in [0, 0.1) is 5.92 Å². The first-order chi connectivity index (χ1) is 29.9. The first-order valence-electron chi connectivity index (χ1n) is 21.1. The van der Waals surface area contributed by atoms with E-state index < -0.39 is 30.4 Å². The number of alkyl carbamates (subject to hydrolysis) is 2. The van der Waals surface area contributed by atoms with Crippen molar-refractivity contribution in [2.75, 3.05) is 34.4 Å². The summed E-state index contributed by atoms with van der Waals surface area (Å²) in [6.07, 6.45) is 3.73. The number of H-pyrrole nitrogens is 1. The largest absolute Gasteiger partial charge is 0.456 e. The molecule has 3 aromatic carbocycles. The second kappa shape index (κ2) is 17.5. The summed E-state index contributed by atoms with van der Waals surface area (Å²) in [5, 5.41) is 5.35. The van der Waals surface area contributed by atoms with Crippen LogP contribution in [0.15, 0.2) is 72.4 Å². The van der Waals surface area contributed by atoms with E-state index in [1.807, 2.05) is 55.1 Å². The molecule has 4 aliphatic heterocycles. The second-order valence-electron chi connectivity index (χ2n) is 16.6. The first kappa shape index (κ1) is 42.2. The molecule has 1 aromatic heterocycles. The summed E-state index contributed by atoms with van der Waals surface area (Å²) >= 11 is 0. The number of carbonyl (C=O) groups is 4. The lowest BCUT2D eigenvalue weighted by molar-refractivity contribution is -0.136. The van der Waals surface area contributed by atoms with E-state index in [0.29, 0.717) is 36.8 Å². The summed E-state index contributed by atoms with van der Waals surface area (Å²) in [6, 6.07) is 16.3. The molecule has 5 heterocycles. The number of benzene rings is 3. The van der Waals surface area contributed by atoms with Gasteiger partial charge in [0.05, 0.1) is 50.0 Å². The number of nitrogens with zero attached hydrogens (tertiary/aromatic N) is 4. The molecule has 8 rings (SSSR count). The van der Waals surface area contributed by atoms with E-state index in [-0.39, 0.29) is 29.8 Å². The van der Waals surface area contributed by atoms with Crippen LogP contribution in [0.3, 0.4) is 0 Å². The summed E-state index contributed by atoms with van der Waals surface area (Å²) in [7, 11) is 4.06. The molecule has 0 aliphatic carbocycles. The first-order valence-corrected chi connectivity index (χ1v) is 21.1. The van der Waals surface area contributed by atoms with Crippen molar-refractivity contribution < 1.29 is 38.1 Å². The standard InChI is InChI=1S/C47H53N7O8/c1-25(2)41(51-46(57)60-6)44(55)54-19-9-11-38(54)43-48-24-36(50-43)30-14-17-39-33(21-30)26(3)32-15-12-29(23-40(32)62-39)28-13-16-34-31(20-28)22-35(49-34)37-10-8-18-53(37)45(56)42(27(4)59-5)52-47(58)61-7/h12-17,20-21,23-25,27,37-38,41-42H,3,8-11,18-19,22H2,1-2,4-7H3,(H,48,50)(H,51,57)(H,52,58)/t27-,37+,38+,41+,42+/m1/s1. The van der Waals surface area contributed by atoms with Gasteiger partial charge in [-0.1, -0.05) is 38.6 Å². The lowest BCUT2D eigenvalue weighted by Crippen LogP contribution is -2.56. The minimum atomic E-state index is -0.887. The number of likely N-dealkylation sites (tertiary alicyclic amines) is 2. The van der Waals surface area contributed by atoms with Crippen LogP contribution in [0.25, 0.3) is 28.0 Å². The number of nitrogens with one attached hydrogen (secondary N) is 3. The zero-order chi connectivity index (χ0) is 43.8. The highest BCUT2D eigenvalue weighted by molar-refractivity contribution is 6.01. The van der Waals surface area contributed by atoms with Gasteiger partial charge in [0, 0.05) is 49.0 Å². The average Bonchev–Trinajstić information content (AvgIpc) is 4.12.